The van der Waals surface area contributed by atoms with E-state index in [1.807, 2.05) is 24.3 Å². The summed E-state index contributed by atoms with van der Waals surface area (Å²) in [5.41, 5.74) is 15.6. The number of benzene rings is 8. The van der Waals surface area contributed by atoms with Crippen molar-refractivity contribution in [1.82, 2.24) is 9.13 Å². The molecule has 0 radical (unpaired) electrons. The van der Waals surface area contributed by atoms with Crippen LogP contribution in [-0.2, 0) is 0 Å². The fourth-order valence-electron chi connectivity index (χ4n) is 8.03. The van der Waals surface area contributed by atoms with Crippen molar-refractivity contribution in [2.24, 2.45) is 0 Å². The summed E-state index contributed by atoms with van der Waals surface area (Å²) in [5.74, 6) is 0. The average molecular weight is 699 g/mol. The first-order chi connectivity index (χ1) is 28.8. The van der Waals surface area contributed by atoms with Crippen LogP contribution in [0, 0.1) is 27.6 Å². The van der Waals surface area contributed by atoms with E-state index in [1.54, 1.807) is 24.3 Å². The molecule has 0 aliphatic carbocycles. The summed E-state index contributed by atoms with van der Waals surface area (Å²) in [4.78, 5) is 0. The minimum absolute atomic E-state index is 0.311. The van der Waals surface area contributed by atoms with Crippen molar-refractivity contribution in [2.75, 3.05) is 0 Å². The van der Waals surface area contributed by atoms with Crippen LogP contribution in [0.15, 0.2) is 170 Å². The summed E-state index contributed by atoms with van der Waals surface area (Å²) in [7, 11) is 0. The van der Waals surface area contributed by atoms with Gasteiger partial charge in [0.05, 0.1) is 22.1 Å². The molecule has 0 atom stereocenters. The summed E-state index contributed by atoms with van der Waals surface area (Å²) in [5, 5.41) is 4.39. The first kappa shape index (κ1) is 26.2. The highest BCUT2D eigenvalue weighted by atomic mass is 15.0. The molecule has 2 heteroatoms. The van der Waals surface area contributed by atoms with E-state index in [1.165, 1.54) is 11.1 Å². The number of nitrogens with zero attached hydrogens (tertiary/aromatic N) is 2. The third-order valence-corrected chi connectivity index (χ3v) is 10.9. The molecule has 0 fully saturated rings. The normalized spacial score (nSPS) is 13.8. The molecule has 0 aliphatic heterocycles. The second kappa shape index (κ2) is 12.5. The molecule has 0 spiro atoms. The zero-order valence-electron chi connectivity index (χ0n) is 36.1. The SMILES string of the molecule is [2H]C([2H])([2H])c1ccc(-n2c3ccc(-c4ccc(C)cc4)cc3c3cc(-c4ccc5c(c4)c4cc(-c6ccc(C)cc6)ccc4n5-c4ccc(C([2H])([2H])[2H])cc4)ccc32)cc1. The minimum Gasteiger partial charge on any atom is -0.309 e. The largest absolute Gasteiger partial charge is 0.309 e. The molecule has 2 aromatic heterocycles. The number of hydrogen-bond acceptors (Lipinski definition) is 0. The zero-order valence-corrected chi connectivity index (χ0v) is 30.1. The number of aromatic nitrogens is 2. The van der Waals surface area contributed by atoms with Gasteiger partial charge in [-0.2, -0.15) is 0 Å². The van der Waals surface area contributed by atoms with Gasteiger partial charge in [-0.15, -0.1) is 0 Å². The van der Waals surface area contributed by atoms with Crippen molar-refractivity contribution in [2.45, 2.75) is 27.6 Å². The average Bonchev–Trinajstić information content (AvgIpc) is 3.75. The molecule has 10 aromatic rings. The van der Waals surface area contributed by atoms with Gasteiger partial charge in [-0.05, 0) is 134 Å². The molecule has 0 saturated carbocycles. The van der Waals surface area contributed by atoms with Gasteiger partial charge < -0.3 is 9.13 Å². The van der Waals surface area contributed by atoms with Crippen molar-refractivity contribution in [1.29, 1.82) is 0 Å². The molecule has 0 saturated heterocycles. The molecular formula is C52H40N2. The second-order valence-electron chi connectivity index (χ2n) is 14.4. The van der Waals surface area contributed by atoms with Crippen molar-refractivity contribution >= 4 is 43.6 Å². The highest BCUT2D eigenvalue weighted by Gasteiger charge is 2.18. The Morgan fingerprint density at radius 3 is 0.852 bits per heavy atom. The van der Waals surface area contributed by atoms with Gasteiger partial charge in [-0.1, -0.05) is 119 Å². The second-order valence-corrected chi connectivity index (χ2v) is 14.4. The Labute approximate surface area is 324 Å². The molecule has 0 unspecified atom stereocenters. The molecule has 8 aromatic carbocycles. The predicted molar refractivity (Wildman–Crippen MR) is 230 cm³/mol. The van der Waals surface area contributed by atoms with Gasteiger partial charge in [0.25, 0.3) is 0 Å². The van der Waals surface area contributed by atoms with Crippen LogP contribution < -0.4 is 0 Å². The van der Waals surface area contributed by atoms with E-state index in [0.717, 1.165) is 88.4 Å². The lowest BCUT2D eigenvalue weighted by Crippen LogP contribution is -1.94. The molecular weight excluding hydrogens is 653 g/mol. The maximum Gasteiger partial charge on any atom is 0.0541 e. The van der Waals surface area contributed by atoms with Gasteiger partial charge in [0.2, 0.25) is 0 Å². The van der Waals surface area contributed by atoms with Crippen LogP contribution in [0.1, 0.15) is 30.5 Å². The summed E-state index contributed by atoms with van der Waals surface area (Å²) in [6, 6.07) is 58.0. The third kappa shape index (κ3) is 5.33. The number of fused-ring (bicyclic) bond motifs is 6. The number of hydrogen-bond donors (Lipinski definition) is 0. The van der Waals surface area contributed by atoms with E-state index in [4.69, 9.17) is 8.22 Å². The van der Waals surface area contributed by atoms with Crippen LogP contribution in [0.5, 0.6) is 0 Å². The lowest BCUT2D eigenvalue weighted by molar-refractivity contribution is 1.17. The van der Waals surface area contributed by atoms with Crippen LogP contribution in [0.2, 0.25) is 0 Å². The lowest BCUT2D eigenvalue weighted by Gasteiger charge is -2.10. The van der Waals surface area contributed by atoms with Crippen LogP contribution in [0.3, 0.4) is 0 Å². The molecule has 0 bridgehead atoms. The monoisotopic (exact) mass is 698 g/mol. The lowest BCUT2D eigenvalue weighted by atomic mass is 9.98. The van der Waals surface area contributed by atoms with E-state index >= 15 is 0 Å². The van der Waals surface area contributed by atoms with E-state index in [-0.39, 0.29) is 0 Å². The quantitative estimate of drug-likeness (QED) is 0.169. The minimum atomic E-state index is -2.18. The fourth-order valence-corrected chi connectivity index (χ4v) is 8.03. The Balaban J connectivity index is 1.17. The van der Waals surface area contributed by atoms with Gasteiger partial charge in [-0.3, -0.25) is 0 Å². The van der Waals surface area contributed by atoms with Crippen molar-refractivity contribution in [3.05, 3.63) is 192 Å². The van der Waals surface area contributed by atoms with E-state index in [9.17, 15) is 0 Å². The van der Waals surface area contributed by atoms with Crippen LogP contribution in [0.25, 0.3) is 88.4 Å². The third-order valence-electron chi connectivity index (χ3n) is 10.9. The van der Waals surface area contributed by atoms with Gasteiger partial charge in [0.1, 0.15) is 0 Å². The maximum absolute atomic E-state index is 7.94. The topological polar surface area (TPSA) is 9.86 Å². The Morgan fingerprint density at radius 2 is 0.556 bits per heavy atom. The first-order valence-electron chi connectivity index (χ1n) is 21.3. The fraction of sp³-hybridized carbons (Fsp3) is 0.0769. The smallest absolute Gasteiger partial charge is 0.0541 e. The Morgan fingerprint density at radius 1 is 0.296 bits per heavy atom. The van der Waals surface area contributed by atoms with Crippen molar-refractivity contribution in [3.8, 4) is 44.8 Å². The molecule has 0 amide bonds. The van der Waals surface area contributed by atoms with E-state index in [0.29, 0.717) is 11.1 Å². The van der Waals surface area contributed by atoms with Crippen LogP contribution in [-0.4, -0.2) is 9.13 Å². The Kier molecular flexibility index (Phi) is 6.06. The first-order valence-corrected chi connectivity index (χ1v) is 18.3. The van der Waals surface area contributed by atoms with Gasteiger partial charge in [0.15, 0.2) is 0 Å². The van der Waals surface area contributed by atoms with Gasteiger partial charge >= 0.3 is 0 Å². The summed E-state index contributed by atoms with van der Waals surface area (Å²) in [6.45, 7) is -0.178. The van der Waals surface area contributed by atoms with Crippen molar-refractivity contribution in [3.63, 3.8) is 0 Å². The molecule has 54 heavy (non-hydrogen) atoms. The zero-order chi connectivity index (χ0) is 41.5. The van der Waals surface area contributed by atoms with Gasteiger partial charge in [-0.25, -0.2) is 0 Å². The maximum atomic E-state index is 7.94. The highest BCUT2D eigenvalue weighted by Crippen LogP contribution is 2.40. The Bertz CT molecular complexity index is 3030. The highest BCUT2D eigenvalue weighted by molar-refractivity contribution is 6.14. The van der Waals surface area contributed by atoms with E-state index < -0.39 is 13.7 Å². The van der Waals surface area contributed by atoms with E-state index in [2.05, 4.69) is 144 Å². The summed E-state index contributed by atoms with van der Waals surface area (Å²) in [6.07, 6.45) is 0. The molecule has 10 rings (SSSR count). The van der Waals surface area contributed by atoms with Crippen molar-refractivity contribution < 1.29 is 8.22 Å². The van der Waals surface area contributed by atoms with Crippen LogP contribution >= 0.6 is 0 Å². The molecule has 2 nitrogen and oxygen atoms in total. The molecule has 258 valence electrons. The van der Waals surface area contributed by atoms with Crippen LogP contribution in [0.4, 0.5) is 0 Å². The standard InChI is InChI=1S/C52H40N2/c1-33-5-13-37(14-6-33)39-17-25-49-45(29-39)47-31-41(19-27-51(47)53(49)43-21-9-35(3)10-22-43)42-20-28-52-48(32-42)46-30-40(38-15-7-34(2)8-16-38)18-26-50(46)54(52)44-23-11-36(4)12-24-44/h5-32H,1-4H3/i3D3,4D3. The number of rotatable bonds is 5. The molecule has 2 heterocycles. The summed E-state index contributed by atoms with van der Waals surface area (Å²) < 4.78 is 52.1. The number of aryl methyl sites for hydroxylation is 4. The molecule has 0 N–H and O–H groups in total. The van der Waals surface area contributed by atoms with Gasteiger partial charge in [0, 0.05) is 41.1 Å². The summed E-state index contributed by atoms with van der Waals surface area (Å²) >= 11 is 0. The predicted octanol–water partition coefficient (Wildman–Crippen LogP) is 14.1. The molecule has 0 aliphatic rings. The Hall–Kier alpha value is -6.64.